The minimum Gasteiger partial charge on any atom is -0.467 e. The first-order valence-electron chi connectivity index (χ1n) is 5.75. The van der Waals surface area contributed by atoms with Crippen molar-refractivity contribution in [3.8, 4) is 0 Å². The summed E-state index contributed by atoms with van der Waals surface area (Å²) in [6.07, 6.45) is 4.34. The van der Waals surface area contributed by atoms with Gasteiger partial charge in [0.25, 0.3) is 0 Å². The van der Waals surface area contributed by atoms with Gasteiger partial charge in [0, 0.05) is 26.0 Å². The lowest BCUT2D eigenvalue weighted by molar-refractivity contribution is 0.0920. The minimum absolute atomic E-state index is 0.249. The Morgan fingerprint density at radius 3 is 2.94 bits per heavy atom. The van der Waals surface area contributed by atoms with Gasteiger partial charge in [-0.1, -0.05) is 0 Å². The molecule has 0 radical (unpaired) electrons. The van der Waals surface area contributed by atoms with Crippen LogP contribution in [0.5, 0.6) is 0 Å². The van der Waals surface area contributed by atoms with Crippen LogP contribution in [0.4, 0.5) is 0 Å². The predicted molar refractivity (Wildman–Crippen MR) is 64.9 cm³/mol. The van der Waals surface area contributed by atoms with Gasteiger partial charge in [-0.25, -0.2) is 4.98 Å². The van der Waals surface area contributed by atoms with E-state index in [9.17, 15) is 5.11 Å². The van der Waals surface area contributed by atoms with Gasteiger partial charge in [-0.05, 0) is 12.1 Å². The van der Waals surface area contributed by atoms with E-state index in [1.807, 2.05) is 23.9 Å². The molecular formula is C12H17N3O3. The van der Waals surface area contributed by atoms with Crippen LogP contribution in [-0.2, 0) is 7.05 Å². The summed E-state index contributed by atoms with van der Waals surface area (Å²) in [5.41, 5.74) is 0. The fourth-order valence-corrected chi connectivity index (χ4v) is 1.75. The monoisotopic (exact) mass is 251 g/mol. The van der Waals surface area contributed by atoms with Crippen molar-refractivity contribution in [3.63, 3.8) is 0 Å². The van der Waals surface area contributed by atoms with E-state index in [-0.39, 0.29) is 19.2 Å². The highest BCUT2D eigenvalue weighted by Crippen LogP contribution is 2.20. The Bertz CT molecular complexity index is 467. The first-order chi connectivity index (χ1) is 8.72. The third kappa shape index (κ3) is 2.79. The second-order valence-corrected chi connectivity index (χ2v) is 4.09. The molecule has 0 aliphatic rings. The number of nitrogens with one attached hydrogen (secondary N) is 1. The molecule has 6 nitrogen and oxygen atoms in total. The topological polar surface area (TPSA) is 83.5 Å². The summed E-state index contributed by atoms with van der Waals surface area (Å²) in [4.78, 5) is 4.27. The summed E-state index contributed by atoms with van der Waals surface area (Å²) < 4.78 is 7.26. The summed E-state index contributed by atoms with van der Waals surface area (Å²) in [7, 11) is 1.89. The predicted octanol–water partition coefficient (Wildman–Crippen LogP) is 0.0453. The molecule has 0 aliphatic heterocycles. The lowest BCUT2D eigenvalue weighted by atomic mass is 10.2. The number of rotatable bonds is 6. The Morgan fingerprint density at radius 1 is 1.56 bits per heavy atom. The second kappa shape index (κ2) is 5.81. The summed E-state index contributed by atoms with van der Waals surface area (Å²) >= 11 is 0. The average molecular weight is 251 g/mol. The van der Waals surface area contributed by atoms with Crippen molar-refractivity contribution in [2.75, 3.05) is 13.2 Å². The van der Waals surface area contributed by atoms with Gasteiger partial charge >= 0.3 is 0 Å². The quantitative estimate of drug-likeness (QED) is 0.675. The molecule has 0 fully saturated rings. The van der Waals surface area contributed by atoms with Crippen molar-refractivity contribution in [2.24, 2.45) is 7.05 Å². The van der Waals surface area contributed by atoms with Crippen molar-refractivity contribution in [1.29, 1.82) is 0 Å². The molecule has 3 N–H and O–H groups in total. The van der Waals surface area contributed by atoms with Crippen LogP contribution in [0.1, 0.15) is 17.6 Å². The summed E-state index contributed by atoms with van der Waals surface area (Å²) in [6.45, 7) is -0.0207. The number of hydrogen-bond acceptors (Lipinski definition) is 5. The Labute approximate surface area is 105 Å². The van der Waals surface area contributed by atoms with Crippen LogP contribution >= 0.6 is 0 Å². The summed E-state index contributed by atoms with van der Waals surface area (Å²) in [6, 6.07) is 3.40. The van der Waals surface area contributed by atoms with Crippen LogP contribution in [0.15, 0.2) is 35.2 Å². The molecule has 2 aromatic heterocycles. The molecule has 2 atom stereocenters. The van der Waals surface area contributed by atoms with E-state index in [4.69, 9.17) is 9.52 Å². The van der Waals surface area contributed by atoms with E-state index in [0.29, 0.717) is 0 Å². The molecule has 6 heteroatoms. The van der Waals surface area contributed by atoms with Crippen molar-refractivity contribution in [3.05, 3.63) is 42.4 Å². The molecular weight excluding hydrogens is 234 g/mol. The average Bonchev–Trinajstić information content (AvgIpc) is 3.02. The normalized spacial score (nSPS) is 14.6. The van der Waals surface area contributed by atoms with Crippen LogP contribution in [0.25, 0.3) is 0 Å². The van der Waals surface area contributed by atoms with E-state index >= 15 is 0 Å². The van der Waals surface area contributed by atoms with Gasteiger partial charge < -0.3 is 19.2 Å². The van der Waals surface area contributed by atoms with E-state index in [2.05, 4.69) is 10.3 Å². The molecule has 0 spiro atoms. The molecule has 0 aliphatic carbocycles. The van der Waals surface area contributed by atoms with E-state index in [0.717, 1.165) is 11.6 Å². The van der Waals surface area contributed by atoms with Crippen LogP contribution in [-0.4, -0.2) is 39.0 Å². The molecule has 0 saturated carbocycles. The molecule has 0 saturated heterocycles. The Kier molecular flexibility index (Phi) is 4.14. The van der Waals surface area contributed by atoms with Crippen molar-refractivity contribution in [2.45, 2.75) is 12.1 Å². The standard InChI is InChI=1S/C12H17N3O3/c1-15-5-4-13-12(15)11(10-3-2-6-18-10)14-7-9(17)8-16/h2-6,9,11,14,16-17H,7-8H2,1H3. The largest absolute Gasteiger partial charge is 0.467 e. The smallest absolute Gasteiger partial charge is 0.133 e. The molecule has 0 bridgehead atoms. The highest BCUT2D eigenvalue weighted by atomic mass is 16.3. The third-order valence-electron chi connectivity index (χ3n) is 2.71. The van der Waals surface area contributed by atoms with Crippen LogP contribution in [0.2, 0.25) is 0 Å². The number of furan rings is 1. The number of imidazole rings is 1. The molecule has 0 amide bonds. The molecule has 2 aromatic rings. The Morgan fingerprint density at radius 2 is 2.39 bits per heavy atom. The maximum absolute atomic E-state index is 9.40. The van der Waals surface area contributed by atoms with Crippen molar-refractivity contribution in [1.82, 2.24) is 14.9 Å². The SMILES string of the molecule is Cn1ccnc1C(NCC(O)CO)c1ccco1. The second-order valence-electron chi connectivity index (χ2n) is 4.09. The zero-order valence-corrected chi connectivity index (χ0v) is 10.2. The van der Waals surface area contributed by atoms with E-state index in [1.54, 1.807) is 18.5 Å². The van der Waals surface area contributed by atoms with Crippen LogP contribution < -0.4 is 5.32 Å². The first-order valence-corrected chi connectivity index (χ1v) is 5.75. The Balaban J connectivity index is 2.17. The molecule has 98 valence electrons. The molecule has 2 unspecified atom stereocenters. The van der Waals surface area contributed by atoms with Gasteiger partial charge in [0.1, 0.15) is 17.6 Å². The lowest BCUT2D eigenvalue weighted by Crippen LogP contribution is -2.33. The lowest BCUT2D eigenvalue weighted by Gasteiger charge is -2.18. The number of hydrogen-bond donors (Lipinski definition) is 3. The van der Waals surface area contributed by atoms with Gasteiger partial charge in [0.05, 0.1) is 19.0 Å². The first kappa shape index (κ1) is 12.8. The van der Waals surface area contributed by atoms with Crippen LogP contribution in [0.3, 0.4) is 0 Å². The Hall–Kier alpha value is -1.63. The maximum Gasteiger partial charge on any atom is 0.133 e. The van der Waals surface area contributed by atoms with E-state index < -0.39 is 6.10 Å². The number of aliphatic hydroxyl groups is 2. The van der Waals surface area contributed by atoms with Gasteiger partial charge in [-0.15, -0.1) is 0 Å². The summed E-state index contributed by atoms with van der Waals surface area (Å²) in [5.74, 6) is 1.50. The van der Waals surface area contributed by atoms with Gasteiger partial charge in [0.15, 0.2) is 0 Å². The fraction of sp³-hybridized carbons (Fsp3) is 0.417. The molecule has 2 rings (SSSR count). The number of aromatic nitrogens is 2. The molecule has 2 heterocycles. The number of aryl methyl sites for hydroxylation is 1. The fourth-order valence-electron chi connectivity index (χ4n) is 1.75. The van der Waals surface area contributed by atoms with E-state index in [1.165, 1.54) is 0 Å². The van der Waals surface area contributed by atoms with Gasteiger partial charge in [-0.2, -0.15) is 0 Å². The van der Waals surface area contributed by atoms with Crippen molar-refractivity contribution < 1.29 is 14.6 Å². The third-order valence-corrected chi connectivity index (χ3v) is 2.71. The summed E-state index contributed by atoms with van der Waals surface area (Å²) in [5, 5.41) is 21.4. The molecule has 18 heavy (non-hydrogen) atoms. The zero-order valence-electron chi connectivity index (χ0n) is 10.2. The zero-order chi connectivity index (χ0) is 13.0. The van der Waals surface area contributed by atoms with Crippen molar-refractivity contribution >= 4 is 0 Å². The highest BCUT2D eigenvalue weighted by molar-refractivity contribution is 5.15. The molecule has 0 aromatic carbocycles. The van der Waals surface area contributed by atoms with Gasteiger partial charge in [-0.3, -0.25) is 5.32 Å². The van der Waals surface area contributed by atoms with Crippen LogP contribution in [0, 0.1) is 0 Å². The van der Waals surface area contributed by atoms with Gasteiger partial charge in [0.2, 0.25) is 0 Å². The maximum atomic E-state index is 9.40. The highest BCUT2D eigenvalue weighted by Gasteiger charge is 2.21. The minimum atomic E-state index is -0.803. The number of aliphatic hydroxyl groups excluding tert-OH is 2. The number of nitrogens with zero attached hydrogens (tertiary/aromatic N) is 2.